The minimum Gasteiger partial charge on any atom is -0.476 e. The van der Waals surface area contributed by atoms with Gasteiger partial charge in [0.2, 0.25) is 0 Å². The largest absolute Gasteiger partial charge is 0.476 e. The molecule has 0 aromatic carbocycles. The van der Waals surface area contributed by atoms with Crippen molar-refractivity contribution in [3.63, 3.8) is 0 Å². The summed E-state index contributed by atoms with van der Waals surface area (Å²) >= 11 is 1.30. The molecular weight excluding hydrogens is 200 g/mol. The van der Waals surface area contributed by atoms with Gasteiger partial charge >= 0.3 is 5.97 Å². The van der Waals surface area contributed by atoms with Crippen molar-refractivity contribution in [1.82, 2.24) is 4.98 Å². The van der Waals surface area contributed by atoms with Gasteiger partial charge < -0.3 is 10.8 Å². The zero-order valence-corrected chi connectivity index (χ0v) is 8.89. The number of aromatic carboxylic acids is 1. The molecule has 0 aliphatic heterocycles. The van der Waals surface area contributed by atoms with Gasteiger partial charge in [-0.15, -0.1) is 11.3 Å². The van der Waals surface area contributed by atoms with Gasteiger partial charge in [-0.25, -0.2) is 9.78 Å². The molecule has 1 aliphatic rings. The summed E-state index contributed by atoms with van der Waals surface area (Å²) in [6.07, 6.45) is 1.07. The Kier molecular flexibility index (Phi) is 1.82. The Morgan fingerprint density at radius 2 is 2.29 bits per heavy atom. The third-order valence-corrected chi connectivity index (χ3v) is 3.68. The maximum Gasteiger partial charge on any atom is 0.357 e. The van der Waals surface area contributed by atoms with Crippen molar-refractivity contribution in [2.75, 3.05) is 5.73 Å². The lowest BCUT2D eigenvalue weighted by Crippen LogP contribution is -2.00. The molecule has 0 spiro atoms. The summed E-state index contributed by atoms with van der Waals surface area (Å²) in [6, 6.07) is 0. The maximum atomic E-state index is 10.7. The van der Waals surface area contributed by atoms with Crippen molar-refractivity contribution in [3.05, 3.63) is 10.7 Å². The maximum absolute atomic E-state index is 10.7. The van der Waals surface area contributed by atoms with Crippen molar-refractivity contribution in [2.45, 2.75) is 26.2 Å². The van der Waals surface area contributed by atoms with E-state index in [0.717, 1.165) is 11.4 Å². The van der Waals surface area contributed by atoms with Gasteiger partial charge in [-0.1, -0.05) is 13.8 Å². The van der Waals surface area contributed by atoms with E-state index in [9.17, 15) is 4.79 Å². The fourth-order valence-electron chi connectivity index (χ4n) is 1.54. The molecule has 3 N–H and O–H groups in total. The normalized spacial score (nSPS) is 23.4. The molecule has 76 valence electrons. The Hall–Kier alpha value is -1.10. The Bertz CT molecular complexity index is 398. The molecule has 1 unspecified atom stereocenters. The predicted octanol–water partition coefficient (Wildman–Crippen LogP) is 1.94. The van der Waals surface area contributed by atoms with Crippen LogP contribution in [0.2, 0.25) is 0 Å². The van der Waals surface area contributed by atoms with Crippen molar-refractivity contribution in [1.29, 1.82) is 0 Å². The second-order valence-electron chi connectivity index (χ2n) is 4.32. The Morgan fingerprint density at radius 1 is 1.71 bits per heavy atom. The second kappa shape index (κ2) is 2.70. The number of rotatable bonds is 2. The van der Waals surface area contributed by atoms with Crippen LogP contribution < -0.4 is 5.73 Å². The first-order valence-corrected chi connectivity index (χ1v) is 5.23. The number of nitrogens with zero attached hydrogens (tertiary/aromatic N) is 1. The van der Waals surface area contributed by atoms with Crippen LogP contribution in [-0.2, 0) is 0 Å². The van der Waals surface area contributed by atoms with Gasteiger partial charge in [-0.2, -0.15) is 0 Å². The molecule has 1 heterocycles. The zero-order chi connectivity index (χ0) is 10.5. The van der Waals surface area contributed by atoms with Gasteiger partial charge in [0, 0.05) is 5.92 Å². The van der Waals surface area contributed by atoms with Gasteiger partial charge in [0.25, 0.3) is 0 Å². The molecule has 5 heteroatoms. The zero-order valence-electron chi connectivity index (χ0n) is 8.07. The minimum absolute atomic E-state index is 0.00713. The van der Waals surface area contributed by atoms with Gasteiger partial charge in [-0.05, 0) is 11.8 Å². The van der Waals surface area contributed by atoms with Gasteiger partial charge in [-0.3, -0.25) is 0 Å². The highest BCUT2D eigenvalue weighted by Crippen LogP contribution is 2.59. The lowest BCUT2D eigenvalue weighted by Gasteiger charge is -1.97. The third kappa shape index (κ3) is 1.37. The number of carboxylic acid groups (broad SMARTS) is 1. The molecule has 1 aromatic heterocycles. The Labute approximate surface area is 85.8 Å². The standard InChI is InChI=1S/C9H12N2O2S/c1-9(2)3-4(9)7-11-5(8(12)13)6(10)14-7/h4H,3,10H2,1-2H3,(H,12,13). The average molecular weight is 212 g/mol. The number of hydrogen-bond donors (Lipinski definition) is 2. The number of hydrogen-bond acceptors (Lipinski definition) is 4. The Morgan fingerprint density at radius 3 is 2.64 bits per heavy atom. The van der Waals surface area contributed by atoms with Crippen LogP contribution in [0.1, 0.15) is 41.7 Å². The van der Waals surface area contributed by atoms with E-state index in [1.165, 1.54) is 11.3 Å². The molecule has 14 heavy (non-hydrogen) atoms. The first-order valence-electron chi connectivity index (χ1n) is 4.41. The van der Waals surface area contributed by atoms with Crippen molar-refractivity contribution in [2.24, 2.45) is 5.41 Å². The van der Waals surface area contributed by atoms with E-state index >= 15 is 0 Å². The minimum atomic E-state index is -1.04. The van der Waals surface area contributed by atoms with Crippen LogP contribution in [0.25, 0.3) is 0 Å². The van der Waals surface area contributed by atoms with E-state index in [2.05, 4.69) is 18.8 Å². The summed E-state index contributed by atoms with van der Waals surface area (Å²) in [5, 5.41) is 9.96. The molecule has 0 saturated heterocycles. The van der Waals surface area contributed by atoms with E-state index in [1.807, 2.05) is 0 Å². The van der Waals surface area contributed by atoms with E-state index in [4.69, 9.17) is 10.8 Å². The summed E-state index contributed by atoms with van der Waals surface area (Å²) in [6.45, 7) is 4.30. The Balaban J connectivity index is 2.30. The number of thiazole rings is 1. The molecule has 1 aliphatic carbocycles. The monoisotopic (exact) mass is 212 g/mol. The first-order chi connectivity index (χ1) is 6.42. The first kappa shape index (κ1) is 9.45. The lowest BCUT2D eigenvalue weighted by molar-refractivity contribution is 0.0692. The lowest BCUT2D eigenvalue weighted by atomic mass is 10.1. The summed E-state index contributed by atoms with van der Waals surface area (Å²) in [5.74, 6) is -0.647. The summed E-state index contributed by atoms with van der Waals surface area (Å²) in [5.41, 5.74) is 5.84. The second-order valence-corrected chi connectivity index (χ2v) is 5.38. The smallest absolute Gasteiger partial charge is 0.357 e. The summed E-state index contributed by atoms with van der Waals surface area (Å²) in [7, 11) is 0. The molecule has 2 rings (SSSR count). The molecular formula is C9H12N2O2S. The van der Waals surface area contributed by atoms with Crippen molar-refractivity contribution in [3.8, 4) is 0 Å². The fourth-order valence-corrected chi connectivity index (χ4v) is 2.68. The van der Waals surface area contributed by atoms with E-state index in [-0.39, 0.29) is 11.1 Å². The number of carbonyl (C=O) groups is 1. The average Bonchev–Trinajstić information content (AvgIpc) is 2.54. The number of aromatic nitrogens is 1. The molecule has 1 saturated carbocycles. The molecule has 0 bridgehead atoms. The van der Waals surface area contributed by atoms with Gasteiger partial charge in [0.05, 0.1) is 5.01 Å². The number of nitrogens with two attached hydrogens (primary N) is 1. The fraction of sp³-hybridized carbons (Fsp3) is 0.556. The van der Waals surface area contributed by atoms with Gasteiger partial charge in [0.1, 0.15) is 5.00 Å². The molecule has 0 amide bonds. The van der Waals surface area contributed by atoms with Crippen LogP contribution in [0.5, 0.6) is 0 Å². The van der Waals surface area contributed by atoms with E-state index < -0.39 is 5.97 Å². The molecule has 1 atom stereocenters. The predicted molar refractivity (Wildman–Crippen MR) is 54.6 cm³/mol. The van der Waals surface area contributed by atoms with E-state index in [1.54, 1.807) is 0 Å². The topological polar surface area (TPSA) is 76.2 Å². The van der Waals surface area contributed by atoms with Crippen molar-refractivity contribution < 1.29 is 9.90 Å². The molecule has 4 nitrogen and oxygen atoms in total. The van der Waals surface area contributed by atoms with Crippen LogP contribution in [-0.4, -0.2) is 16.1 Å². The quantitative estimate of drug-likeness (QED) is 0.785. The van der Waals surface area contributed by atoms with Crippen LogP contribution in [0.3, 0.4) is 0 Å². The highest BCUT2D eigenvalue weighted by molar-refractivity contribution is 7.16. The molecule has 1 fully saturated rings. The highest BCUT2D eigenvalue weighted by atomic mass is 32.1. The van der Waals surface area contributed by atoms with Gasteiger partial charge in [0.15, 0.2) is 5.69 Å². The van der Waals surface area contributed by atoms with Crippen LogP contribution >= 0.6 is 11.3 Å². The van der Waals surface area contributed by atoms with Crippen molar-refractivity contribution >= 4 is 22.3 Å². The SMILES string of the molecule is CC1(C)CC1c1nc(C(=O)O)c(N)s1. The number of carboxylic acids is 1. The van der Waals surface area contributed by atoms with E-state index in [0.29, 0.717) is 10.9 Å². The third-order valence-electron chi connectivity index (χ3n) is 2.68. The summed E-state index contributed by atoms with van der Waals surface area (Å²) < 4.78 is 0. The van der Waals surface area contributed by atoms with Crippen LogP contribution in [0.4, 0.5) is 5.00 Å². The summed E-state index contributed by atoms with van der Waals surface area (Å²) in [4.78, 5) is 14.8. The number of anilines is 1. The molecule has 0 radical (unpaired) electrons. The highest BCUT2D eigenvalue weighted by Gasteiger charge is 2.48. The molecule has 1 aromatic rings. The van der Waals surface area contributed by atoms with Crippen LogP contribution in [0.15, 0.2) is 0 Å². The van der Waals surface area contributed by atoms with Crippen LogP contribution in [0, 0.1) is 5.41 Å². The number of nitrogen functional groups attached to an aromatic ring is 1.